The maximum atomic E-state index is 13.1. The first-order chi connectivity index (χ1) is 19.1. The van der Waals surface area contributed by atoms with Crippen molar-refractivity contribution in [2.24, 2.45) is 12.0 Å². The second-order valence-electron chi connectivity index (χ2n) is 12.1. The van der Waals surface area contributed by atoms with Crippen LogP contribution in [-0.2, 0) is 25.3 Å². The molecule has 8 heteroatoms. The Balaban J connectivity index is 1.27. The van der Waals surface area contributed by atoms with E-state index in [1.807, 2.05) is 45.6 Å². The highest BCUT2D eigenvalue weighted by atomic mass is 16.5. The lowest BCUT2D eigenvalue weighted by molar-refractivity contribution is 0.0925. The van der Waals surface area contributed by atoms with Crippen molar-refractivity contribution < 1.29 is 9.32 Å². The van der Waals surface area contributed by atoms with Crippen LogP contribution < -0.4 is 5.32 Å². The molecule has 1 N–H and O–H groups in total. The van der Waals surface area contributed by atoms with Gasteiger partial charge in [-0.25, -0.2) is 9.98 Å². The molecule has 3 aromatic heterocycles. The van der Waals surface area contributed by atoms with E-state index in [1.54, 1.807) is 6.07 Å². The molecule has 8 nitrogen and oxygen atoms in total. The van der Waals surface area contributed by atoms with Crippen LogP contribution in [0.15, 0.2) is 46.0 Å². The number of carbonyl (C=O) groups is 1. The summed E-state index contributed by atoms with van der Waals surface area (Å²) in [6.45, 7) is 10.3. The molecule has 0 saturated heterocycles. The average molecular weight is 537 g/mol. The van der Waals surface area contributed by atoms with E-state index in [4.69, 9.17) is 9.52 Å². The quantitative estimate of drug-likeness (QED) is 0.311. The van der Waals surface area contributed by atoms with E-state index in [-0.39, 0.29) is 17.4 Å². The SMILES string of the molecule is Cc1nn(C)c(C)c1C1=Nc2nccc(-c3ccc4c(c3)CCCC[C@H]4NC(=O)c3cc(C(C)(C)C)on3)c2C1. The molecule has 0 unspecified atom stereocenters. The summed E-state index contributed by atoms with van der Waals surface area (Å²) >= 11 is 0. The van der Waals surface area contributed by atoms with Crippen LogP contribution in [0.1, 0.15) is 96.0 Å². The molecule has 0 bridgehead atoms. The van der Waals surface area contributed by atoms with Crippen molar-refractivity contribution >= 4 is 17.4 Å². The molecule has 0 saturated carbocycles. The van der Waals surface area contributed by atoms with Gasteiger partial charge in [-0.3, -0.25) is 9.48 Å². The van der Waals surface area contributed by atoms with E-state index in [0.717, 1.165) is 77.3 Å². The molecule has 206 valence electrons. The van der Waals surface area contributed by atoms with Crippen LogP contribution in [0.25, 0.3) is 11.1 Å². The maximum absolute atomic E-state index is 13.1. The fraction of sp³-hybridized carbons (Fsp3) is 0.406. The smallest absolute Gasteiger partial charge is 0.273 e. The van der Waals surface area contributed by atoms with E-state index in [2.05, 4.69) is 51.7 Å². The number of rotatable bonds is 4. The molecular formula is C32H36N6O2. The topological polar surface area (TPSA) is 98.2 Å². The van der Waals surface area contributed by atoms with Gasteiger partial charge in [-0.05, 0) is 61.4 Å². The molecule has 1 aliphatic heterocycles. The van der Waals surface area contributed by atoms with Crippen LogP contribution in [0.2, 0.25) is 0 Å². The van der Waals surface area contributed by atoms with E-state index in [1.165, 1.54) is 11.1 Å². The van der Waals surface area contributed by atoms with Gasteiger partial charge in [0.15, 0.2) is 11.5 Å². The number of carbonyl (C=O) groups excluding carboxylic acids is 1. The van der Waals surface area contributed by atoms with Crippen molar-refractivity contribution in [1.29, 1.82) is 0 Å². The number of amides is 1. The van der Waals surface area contributed by atoms with Gasteiger partial charge in [-0.15, -0.1) is 0 Å². The van der Waals surface area contributed by atoms with Gasteiger partial charge in [0.2, 0.25) is 0 Å². The number of benzene rings is 1. The highest BCUT2D eigenvalue weighted by molar-refractivity contribution is 6.08. The summed E-state index contributed by atoms with van der Waals surface area (Å²) in [5, 5.41) is 11.9. The van der Waals surface area contributed by atoms with Crippen LogP contribution in [0.4, 0.5) is 5.82 Å². The molecule has 0 fully saturated rings. The number of nitrogens with zero attached hydrogens (tertiary/aromatic N) is 5. The molecule has 1 atom stereocenters. The summed E-state index contributed by atoms with van der Waals surface area (Å²) in [5.74, 6) is 1.30. The summed E-state index contributed by atoms with van der Waals surface area (Å²) in [5.41, 5.74) is 10.3. The van der Waals surface area contributed by atoms with Crippen molar-refractivity contribution in [1.82, 2.24) is 25.2 Å². The number of hydrogen-bond acceptors (Lipinski definition) is 6. The third kappa shape index (κ3) is 4.65. The van der Waals surface area contributed by atoms with Crippen LogP contribution in [0.5, 0.6) is 0 Å². The zero-order valence-corrected chi connectivity index (χ0v) is 24.1. The Morgan fingerprint density at radius 3 is 2.67 bits per heavy atom. The number of hydrogen-bond donors (Lipinski definition) is 1. The lowest BCUT2D eigenvalue weighted by atomic mass is 9.91. The Morgan fingerprint density at radius 2 is 1.95 bits per heavy atom. The van der Waals surface area contributed by atoms with E-state index in [0.29, 0.717) is 11.5 Å². The monoisotopic (exact) mass is 536 g/mol. The standard InChI is InChI=1S/C32H36N6O2/c1-18-29(19(2)38(6)36-18)26-16-24-22(13-14-33-30(24)34-26)21-11-12-23-20(15-21)9-7-8-10-25(23)35-31(39)27-17-28(40-37-27)32(3,4)5/h11-15,17,25H,7-10,16H2,1-6H3,(H,35,39)/t25-/m1/s1. The highest BCUT2D eigenvalue weighted by Gasteiger charge is 2.28. The van der Waals surface area contributed by atoms with Crippen LogP contribution in [0, 0.1) is 13.8 Å². The molecule has 0 spiro atoms. The minimum atomic E-state index is -0.203. The first-order valence-electron chi connectivity index (χ1n) is 14.1. The zero-order chi connectivity index (χ0) is 28.2. The normalized spacial score (nSPS) is 16.8. The number of aliphatic imine (C=N–C) groups is 1. The summed E-state index contributed by atoms with van der Waals surface area (Å²) in [4.78, 5) is 22.7. The number of fused-ring (bicyclic) bond motifs is 2. The first-order valence-corrected chi connectivity index (χ1v) is 14.1. The Labute approximate surface area is 234 Å². The Morgan fingerprint density at radius 1 is 1.12 bits per heavy atom. The van der Waals surface area contributed by atoms with Gasteiger partial charge < -0.3 is 9.84 Å². The second kappa shape index (κ2) is 9.84. The van der Waals surface area contributed by atoms with Crippen molar-refractivity contribution in [3.63, 3.8) is 0 Å². The minimum absolute atomic E-state index is 0.0662. The third-order valence-electron chi connectivity index (χ3n) is 8.22. The lowest BCUT2D eigenvalue weighted by Crippen LogP contribution is -2.29. The number of nitrogens with one attached hydrogen (secondary N) is 1. The van der Waals surface area contributed by atoms with Gasteiger partial charge in [0.25, 0.3) is 5.91 Å². The summed E-state index contributed by atoms with van der Waals surface area (Å²) in [6, 6.07) is 10.4. The fourth-order valence-electron chi connectivity index (χ4n) is 5.96. The molecule has 4 aromatic rings. The van der Waals surface area contributed by atoms with Gasteiger partial charge >= 0.3 is 0 Å². The van der Waals surface area contributed by atoms with E-state index in [9.17, 15) is 4.79 Å². The number of pyridine rings is 1. The van der Waals surface area contributed by atoms with Crippen molar-refractivity contribution in [3.8, 4) is 11.1 Å². The van der Waals surface area contributed by atoms with Gasteiger partial charge in [0, 0.05) is 48.0 Å². The molecule has 1 aromatic carbocycles. The summed E-state index contributed by atoms with van der Waals surface area (Å²) < 4.78 is 7.37. The van der Waals surface area contributed by atoms with Crippen LogP contribution in [-0.4, -0.2) is 31.5 Å². The number of aryl methyl sites for hydroxylation is 3. The number of aromatic nitrogens is 4. The Kier molecular flexibility index (Phi) is 6.44. The van der Waals surface area contributed by atoms with Gasteiger partial charge in [0.1, 0.15) is 5.76 Å². The second-order valence-corrected chi connectivity index (χ2v) is 12.1. The van der Waals surface area contributed by atoms with Crippen LogP contribution in [0.3, 0.4) is 0 Å². The van der Waals surface area contributed by atoms with E-state index < -0.39 is 0 Å². The molecule has 6 rings (SSSR count). The molecule has 1 aliphatic carbocycles. The Hall–Kier alpha value is -4.07. The molecule has 2 aliphatic rings. The third-order valence-corrected chi connectivity index (χ3v) is 8.22. The van der Waals surface area contributed by atoms with Crippen LogP contribution >= 0.6 is 0 Å². The summed E-state index contributed by atoms with van der Waals surface area (Å²) in [7, 11) is 1.97. The molecule has 4 heterocycles. The fourth-order valence-corrected chi connectivity index (χ4v) is 5.96. The first kappa shape index (κ1) is 26.2. The molecule has 40 heavy (non-hydrogen) atoms. The summed E-state index contributed by atoms with van der Waals surface area (Å²) in [6.07, 6.45) is 6.59. The molecular weight excluding hydrogens is 500 g/mol. The van der Waals surface area contributed by atoms with Crippen molar-refractivity contribution in [2.45, 2.75) is 78.2 Å². The predicted molar refractivity (Wildman–Crippen MR) is 155 cm³/mol. The predicted octanol–water partition coefficient (Wildman–Crippen LogP) is 6.26. The molecule has 0 radical (unpaired) electrons. The zero-order valence-electron chi connectivity index (χ0n) is 24.1. The average Bonchev–Trinajstić information content (AvgIpc) is 3.59. The minimum Gasteiger partial charge on any atom is -0.360 e. The Bertz CT molecular complexity index is 1650. The van der Waals surface area contributed by atoms with Gasteiger partial charge in [-0.2, -0.15) is 5.10 Å². The van der Waals surface area contributed by atoms with Crippen molar-refractivity contribution in [2.75, 3.05) is 0 Å². The highest BCUT2D eigenvalue weighted by Crippen LogP contribution is 2.38. The van der Waals surface area contributed by atoms with Gasteiger partial charge in [0.05, 0.1) is 17.4 Å². The largest absolute Gasteiger partial charge is 0.360 e. The maximum Gasteiger partial charge on any atom is 0.273 e. The molecule has 1 amide bonds. The van der Waals surface area contributed by atoms with Crippen molar-refractivity contribution in [3.05, 3.63) is 81.6 Å². The van der Waals surface area contributed by atoms with Gasteiger partial charge in [-0.1, -0.05) is 50.5 Å². The lowest BCUT2D eigenvalue weighted by Gasteiger charge is -2.20. The van der Waals surface area contributed by atoms with E-state index >= 15 is 0 Å².